The highest BCUT2D eigenvalue weighted by molar-refractivity contribution is 5.85. The first-order valence-corrected chi connectivity index (χ1v) is 7.03. The van der Waals surface area contributed by atoms with Crippen molar-refractivity contribution in [2.75, 3.05) is 13.1 Å². The molecule has 5 nitrogen and oxygen atoms in total. The number of alkyl halides is 2. The van der Waals surface area contributed by atoms with Crippen LogP contribution in [-0.4, -0.2) is 41.5 Å². The molecule has 3 N–H and O–H groups in total. The highest BCUT2D eigenvalue weighted by Gasteiger charge is 2.58. The lowest BCUT2D eigenvalue weighted by molar-refractivity contribution is -0.190. The van der Waals surface area contributed by atoms with Crippen LogP contribution >= 0.6 is 0 Å². The number of carbonyl (C=O) groups is 2. The van der Waals surface area contributed by atoms with Gasteiger partial charge in [-0.05, 0) is 25.7 Å². The van der Waals surface area contributed by atoms with Gasteiger partial charge < -0.3 is 15.7 Å². The third-order valence-corrected chi connectivity index (χ3v) is 3.96. The van der Waals surface area contributed by atoms with E-state index in [1.807, 2.05) is 0 Å². The second-order valence-corrected chi connectivity index (χ2v) is 5.63. The maximum absolute atomic E-state index is 13.9. The predicted molar refractivity (Wildman–Crippen MR) is 67.1 cm³/mol. The minimum Gasteiger partial charge on any atom is -0.383 e. The monoisotopic (exact) mass is 290 g/mol. The second-order valence-electron chi connectivity index (χ2n) is 5.63. The van der Waals surface area contributed by atoms with E-state index in [1.54, 1.807) is 0 Å². The Morgan fingerprint density at radius 3 is 2.25 bits per heavy atom. The van der Waals surface area contributed by atoms with E-state index in [0.29, 0.717) is 12.8 Å². The molecule has 0 aromatic carbocycles. The zero-order valence-electron chi connectivity index (χ0n) is 11.3. The van der Waals surface area contributed by atoms with Crippen molar-refractivity contribution in [3.63, 3.8) is 0 Å². The molecule has 0 aliphatic heterocycles. The fourth-order valence-corrected chi connectivity index (χ4v) is 2.45. The molecule has 2 saturated carbocycles. The molecule has 0 unspecified atom stereocenters. The molecule has 2 rings (SSSR count). The highest BCUT2D eigenvalue weighted by Crippen LogP contribution is 2.41. The van der Waals surface area contributed by atoms with Gasteiger partial charge in [0.05, 0.1) is 0 Å². The van der Waals surface area contributed by atoms with Crippen LogP contribution in [0.5, 0.6) is 0 Å². The van der Waals surface area contributed by atoms with Crippen LogP contribution in [0, 0.1) is 5.92 Å². The van der Waals surface area contributed by atoms with Crippen molar-refractivity contribution >= 4 is 11.8 Å². The van der Waals surface area contributed by atoms with Crippen molar-refractivity contribution in [3.8, 4) is 0 Å². The number of rotatable bonds is 6. The Kier molecular flexibility index (Phi) is 4.27. The molecule has 0 bridgehead atoms. The van der Waals surface area contributed by atoms with Gasteiger partial charge in [-0.15, -0.1) is 0 Å². The quantitative estimate of drug-likeness (QED) is 0.626. The lowest BCUT2D eigenvalue weighted by atomic mass is 9.93. The molecule has 114 valence electrons. The van der Waals surface area contributed by atoms with E-state index in [4.69, 9.17) is 0 Å². The summed E-state index contributed by atoms with van der Waals surface area (Å²) in [4.78, 5) is 22.8. The van der Waals surface area contributed by atoms with Crippen LogP contribution in [0.4, 0.5) is 8.78 Å². The number of carbonyl (C=O) groups excluding carboxylic acids is 2. The van der Waals surface area contributed by atoms with Crippen LogP contribution in [0.1, 0.15) is 38.5 Å². The molecular formula is C13H20F2N2O3. The smallest absolute Gasteiger partial charge is 0.352 e. The summed E-state index contributed by atoms with van der Waals surface area (Å²) in [5, 5.41) is 14.5. The summed E-state index contributed by atoms with van der Waals surface area (Å²) >= 11 is 0. The molecule has 2 aliphatic rings. The molecule has 0 saturated heterocycles. The molecule has 0 aromatic rings. The summed E-state index contributed by atoms with van der Waals surface area (Å²) in [6.07, 6.45) is 2.60. The fourth-order valence-electron chi connectivity index (χ4n) is 2.45. The van der Waals surface area contributed by atoms with Gasteiger partial charge in [0.1, 0.15) is 5.60 Å². The van der Waals surface area contributed by atoms with Gasteiger partial charge >= 0.3 is 5.92 Å². The van der Waals surface area contributed by atoms with Gasteiger partial charge in [-0.3, -0.25) is 9.59 Å². The van der Waals surface area contributed by atoms with Crippen LogP contribution in [0.15, 0.2) is 0 Å². The molecule has 0 aromatic heterocycles. The van der Waals surface area contributed by atoms with E-state index >= 15 is 0 Å². The minimum atomic E-state index is -3.79. The Hall–Kier alpha value is -1.24. The minimum absolute atomic E-state index is 0.0475. The topological polar surface area (TPSA) is 78.4 Å². The fraction of sp³-hybridized carbons (Fsp3) is 0.846. The second kappa shape index (κ2) is 5.63. The van der Waals surface area contributed by atoms with Crippen LogP contribution < -0.4 is 10.6 Å². The van der Waals surface area contributed by atoms with E-state index in [1.165, 1.54) is 0 Å². The number of hydrogen-bond acceptors (Lipinski definition) is 3. The molecule has 0 radical (unpaired) electrons. The number of halogens is 2. The first-order chi connectivity index (χ1) is 9.37. The molecule has 7 heteroatoms. The lowest BCUT2D eigenvalue weighted by Gasteiger charge is -2.30. The number of nitrogens with one attached hydrogen (secondary N) is 2. The molecule has 2 fully saturated rings. The summed E-state index contributed by atoms with van der Waals surface area (Å²) in [5.74, 6) is -5.31. The number of hydrogen-bond donors (Lipinski definition) is 3. The molecule has 0 atom stereocenters. The lowest BCUT2D eigenvalue weighted by Crippen LogP contribution is -2.56. The summed E-state index contributed by atoms with van der Waals surface area (Å²) < 4.78 is 27.8. The largest absolute Gasteiger partial charge is 0.383 e. The molecule has 0 spiro atoms. The Morgan fingerprint density at radius 1 is 1.15 bits per heavy atom. The van der Waals surface area contributed by atoms with Crippen LogP contribution in [0.25, 0.3) is 0 Å². The predicted octanol–water partition coefficient (Wildman–Crippen LogP) is 0.569. The third kappa shape index (κ3) is 3.08. The zero-order valence-corrected chi connectivity index (χ0v) is 11.3. The van der Waals surface area contributed by atoms with Crippen molar-refractivity contribution in [3.05, 3.63) is 0 Å². The molecule has 20 heavy (non-hydrogen) atoms. The molecular weight excluding hydrogens is 270 g/mol. The van der Waals surface area contributed by atoms with Gasteiger partial charge in [0, 0.05) is 19.0 Å². The Morgan fingerprint density at radius 2 is 1.70 bits per heavy atom. The van der Waals surface area contributed by atoms with Crippen molar-refractivity contribution < 1.29 is 23.5 Å². The molecule has 0 heterocycles. The summed E-state index contributed by atoms with van der Waals surface area (Å²) in [6, 6.07) is 0. The standard InChI is InChI=1S/C13H20F2N2O3/c14-13(15,12(20)5-1-2-6-12)11(19)17-8-7-16-10(18)9-3-4-9/h9,20H,1-8H2,(H,16,18)(H,17,19). The van der Waals surface area contributed by atoms with Crippen LogP contribution in [-0.2, 0) is 9.59 Å². The van der Waals surface area contributed by atoms with E-state index in [2.05, 4.69) is 10.6 Å². The van der Waals surface area contributed by atoms with Crippen molar-refractivity contribution in [1.82, 2.24) is 10.6 Å². The first kappa shape index (κ1) is 15.2. The van der Waals surface area contributed by atoms with Crippen molar-refractivity contribution in [2.24, 2.45) is 5.92 Å². The van der Waals surface area contributed by atoms with Crippen molar-refractivity contribution in [2.45, 2.75) is 50.0 Å². The number of amides is 2. The Labute approximate surface area is 116 Å². The van der Waals surface area contributed by atoms with Gasteiger partial charge in [0.2, 0.25) is 5.91 Å². The van der Waals surface area contributed by atoms with Crippen molar-refractivity contribution in [1.29, 1.82) is 0 Å². The summed E-state index contributed by atoms with van der Waals surface area (Å²) in [7, 11) is 0. The SMILES string of the molecule is O=C(NCCNC(=O)C(F)(F)C1(O)CCCC1)C1CC1. The van der Waals surface area contributed by atoms with E-state index in [9.17, 15) is 23.5 Å². The average Bonchev–Trinajstić information content (AvgIpc) is 3.16. The third-order valence-electron chi connectivity index (χ3n) is 3.96. The van der Waals surface area contributed by atoms with Gasteiger partial charge in [0.15, 0.2) is 0 Å². The maximum atomic E-state index is 13.9. The number of aliphatic hydroxyl groups is 1. The molecule has 2 amide bonds. The first-order valence-electron chi connectivity index (χ1n) is 7.03. The summed E-state index contributed by atoms with van der Waals surface area (Å²) in [5.41, 5.74) is -2.23. The van der Waals surface area contributed by atoms with E-state index in [0.717, 1.165) is 12.8 Å². The van der Waals surface area contributed by atoms with E-state index in [-0.39, 0.29) is 37.8 Å². The zero-order chi connectivity index (χ0) is 14.8. The Bertz CT molecular complexity index is 391. The maximum Gasteiger partial charge on any atom is 0.352 e. The summed E-state index contributed by atoms with van der Waals surface area (Å²) in [6.45, 7) is 0.0541. The van der Waals surface area contributed by atoms with Gasteiger partial charge in [-0.1, -0.05) is 12.8 Å². The highest BCUT2D eigenvalue weighted by atomic mass is 19.3. The van der Waals surface area contributed by atoms with Gasteiger partial charge in [-0.25, -0.2) is 0 Å². The normalized spacial score (nSPS) is 21.6. The van der Waals surface area contributed by atoms with E-state index < -0.39 is 17.4 Å². The van der Waals surface area contributed by atoms with Gasteiger partial charge in [-0.2, -0.15) is 8.78 Å². The Balaban J connectivity index is 1.74. The van der Waals surface area contributed by atoms with Crippen LogP contribution in [0.3, 0.4) is 0 Å². The van der Waals surface area contributed by atoms with Gasteiger partial charge in [0.25, 0.3) is 5.91 Å². The van der Waals surface area contributed by atoms with Crippen LogP contribution in [0.2, 0.25) is 0 Å². The average molecular weight is 290 g/mol. The molecule has 2 aliphatic carbocycles.